The molecule has 2 aromatic rings. The molecule has 0 unspecified atom stereocenters. The number of hydrogen-bond donors (Lipinski definition) is 1. The Kier molecular flexibility index (Phi) is 6.54. The number of hydrogen-bond acceptors (Lipinski definition) is 6. The second kappa shape index (κ2) is 8.84. The van der Waals surface area contributed by atoms with Crippen LogP contribution in [0.25, 0.3) is 0 Å². The highest BCUT2D eigenvalue weighted by Crippen LogP contribution is 2.17. The number of esters is 1. The number of nitrogens with one attached hydrogen (secondary N) is 1. The Balaban J connectivity index is 2.07. The normalized spacial score (nSPS) is 10.5. The zero-order valence-corrected chi connectivity index (χ0v) is 14.2. The van der Waals surface area contributed by atoms with E-state index in [0.717, 1.165) is 0 Å². The summed E-state index contributed by atoms with van der Waals surface area (Å²) < 4.78 is 33.9. The lowest BCUT2D eigenvalue weighted by Gasteiger charge is -2.11. The average Bonchev–Trinajstić information content (AvgIpc) is 2.60. The Morgan fingerprint density at radius 1 is 1.27 bits per heavy atom. The predicted molar refractivity (Wildman–Crippen MR) is 87.0 cm³/mol. The van der Waals surface area contributed by atoms with Crippen molar-refractivity contribution in [1.82, 2.24) is 15.3 Å². The number of alkyl halides is 2. The van der Waals surface area contributed by atoms with Gasteiger partial charge in [-0.15, -0.1) is 0 Å². The largest absolute Gasteiger partial charge is 0.462 e. The lowest BCUT2D eigenvalue weighted by atomic mass is 10.2. The maximum absolute atomic E-state index is 12.4. The molecule has 0 aromatic carbocycles. The van der Waals surface area contributed by atoms with Crippen LogP contribution in [0.3, 0.4) is 0 Å². The standard InChI is InChI=1S/C17H17F2N3O4/c1-3-25-16(24)12-6-7-13(22-10(12)2)14(23)21-9-11-5-4-8-20-15(11)26-17(18)19/h4-8,17H,3,9H2,1-2H3,(H,21,23). The van der Waals surface area contributed by atoms with Crippen LogP contribution in [-0.4, -0.2) is 35.1 Å². The van der Waals surface area contributed by atoms with Crippen molar-refractivity contribution in [1.29, 1.82) is 0 Å². The number of ether oxygens (including phenoxy) is 2. The minimum absolute atomic E-state index is 0.0743. The van der Waals surface area contributed by atoms with Crippen LogP contribution < -0.4 is 10.1 Å². The summed E-state index contributed by atoms with van der Waals surface area (Å²) in [6, 6.07) is 5.88. The smallest absolute Gasteiger partial charge is 0.388 e. The summed E-state index contributed by atoms with van der Waals surface area (Å²) in [5, 5.41) is 2.55. The minimum atomic E-state index is -3.01. The highest BCUT2D eigenvalue weighted by atomic mass is 19.3. The van der Waals surface area contributed by atoms with E-state index in [1.165, 1.54) is 30.5 Å². The highest BCUT2D eigenvalue weighted by Gasteiger charge is 2.16. The summed E-state index contributed by atoms with van der Waals surface area (Å²) in [7, 11) is 0. The second-order valence-corrected chi connectivity index (χ2v) is 5.08. The highest BCUT2D eigenvalue weighted by molar-refractivity contribution is 5.95. The lowest BCUT2D eigenvalue weighted by molar-refractivity contribution is -0.0535. The van der Waals surface area contributed by atoms with Gasteiger partial charge in [-0.05, 0) is 32.0 Å². The molecule has 2 aromatic heterocycles. The fraction of sp³-hybridized carbons (Fsp3) is 0.294. The monoisotopic (exact) mass is 365 g/mol. The van der Waals surface area contributed by atoms with Gasteiger partial charge < -0.3 is 14.8 Å². The van der Waals surface area contributed by atoms with E-state index in [1.54, 1.807) is 13.8 Å². The van der Waals surface area contributed by atoms with Crippen LogP contribution >= 0.6 is 0 Å². The zero-order valence-electron chi connectivity index (χ0n) is 14.2. The number of carbonyl (C=O) groups is 2. The molecule has 9 heteroatoms. The van der Waals surface area contributed by atoms with Crippen molar-refractivity contribution in [2.45, 2.75) is 27.0 Å². The predicted octanol–water partition coefficient (Wildman–Crippen LogP) is 2.49. The molecule has 1 N–H and O–H groups in total. The fourth-order valence-electron chi connectivity index (χ4n) is 2.13. The summed E-state index contributed by atoms with van der Waals surface area (Å²) in [6.45, 7) is 0.411. The average molecular weight is 365 g/mol. The molecule has 0 saturated carbocycles. The number of pyridine rings is 2. The first kappa shape index (κ1) is 19.2. The van der Waals surface area contributed by atoms with Gasteiger partial charge >= 0.3 is 12.6 Å². The quantitative estimate of drug-likeness (QED) is 0.758. The van der Waals surface area contributed by atoms with Crippen molar-refractivity contribution in [2.24, 2.45) is 0 Å². The Morgan fingerprint density at radius 3 is 2.69 bits per heavy atom. The van der Waals surface area contributed by atoms with Crippen molar-refractivity contribution >= 4 is 11.9 Å². The van der Waals surface area contributed by atoms with Gasteiger partial charge in [-0.25, -0.2) is 14.8 Å². The maximum Gasteiger partial charge on any atom is 0.388 e. The Morgan fingerprint density at radius 2 is 2.04 bits per heavy atom. The van der Waals surface area contributed by atoms with Gasteiger partial charge in [0.15, 0.2) is 0 Å². The SMILES string of the molecule is CCOC(=O)c1ccc(C(=O)NCc2cccnc2OC(F)F)nc1C. The zero-order chi connectivity index (χ0) is 19.1. The maximum atomic E-state index is 12.4. The fourth-order valence-corrected chi connectivity index (χ4v) is 2.13. The summed E-state index contributed by atoms with van der Waals surface area (Å²) in [6.07, 6.45) is 1.31. The molecule has 0 aliphatic rings. The van der Waals surface area contributed by atoms with E-state index in [9.17, 15) is 18.4 Å². The van der Waals surface area contributed by atoms with E-state index >= 15 is 0 Å². The third-order valence-corrected chi connectivity index (χ3v) is 3.30. The van der Waals surface area contributed by atoms with Crippen LogP contribution in [0.4, 0.5) is 8.78 Å². The topological polar surface area (TPSA) is 90.4 Å². The number of amides is 1. The Hall–Kier alpha value is -3.10. The van der Waals surface area contributed by atoms with Gasteiger partial charge in [0.2, 0.25) is 5.88 Å². The molecule has 0 aliphatic carbocycles. The third kappa shape index (κ3) is 4.95. The van der Waals surface area contributed by atoms with Crippen molar-refractivity contribution < 1.29 is 27.8 Å². The van der Waals surface area contributed by atoms with E-state index in [-0.39, 0.29) is 30.3 Å². The van der Waals surface area contributed by atoms with Gasteiger partial charge in [-0.2, -0.15) is 8.78 Å². The molecular weight excluding hydrogens is 348 g/mol. The molecule has 2 rings (SSSR count). The molecule has 138 valence electrons. The minimum Gasteiger partial charge on any atom is -0.462 e. The second-order valence-electron chi connectivity index (χ2n) is 5.08. The van der Waals surface area contributed by atoms with Gasteiger partial charge in [-0.1, -0.05) is 6.07 Å². The Labute approximate surface area is 148 Å². The van der Waals surface area contributed by atoms with Crippen molar-refractivity contribution in [3.63, 3.8) is 0 Å². The van der Waals surface area contributed by atoms with Crippen LogP contribution in [0.1, 0.15) is 39.0 Å². The molecular formula is C17H17F2N3O4. The first-order valence-corrected chi connectivity index (χ1v) is 7.74. The van der Waals surface area contributed by atoms with Crippen LogP contribution in [0.2, 0.25) is 0 Å². The van der Waals surface area contributed by atoms with Gasteiger partial charge in [-0.3, -0.25) is 4.79 Å². The van der Waals surface area contributed by atoms with Crippen LogP contribution in [0.15, 0.2) is 30.5 Å². The van der Waals surface area contributed by atoms with E-state index in [1.807, 2.05) is 0 Å². The first-order valence-electron chi connectivity index (χ1n) is 7.74. The summed E-state index contributed by atoms with van der Waals surface area (Å²) >= 11 is 0. The number of aryl methyl sites for hydroxylation is 1. The van der Waals surface area contributed by atoms with E-state index in [4.69, 9.17) is 4.74 Å². The molecule has 0 saturated heterocycles. The molecule has 0 bridgehead atoms. The van der Waals surface area contributed by atoms with Crippen molar-refractivity contribution in [3.05, 3.63) is 53.0 Å². The number of aromatic nitrogens is 2. The van der Waals surface area contributed by atoms with E-state index < -0.39 is 18.5 Å². The molecule has 2 heterocycles. The van der Waals surface area contributed by atoms with Crippen LogP contribution in [-0.2, 0) is 11.3 Å². The molecule has 0 spiro atoms. The lowest BCUT2D eigenvalue weighted by Crippen LogP contribution is -2.25. The molecule has 26 heavy (non-hydrogen) atoms. The van der Waals surface area contributed by atoms with Gasteiger partial charge in [0.1, 0.15) is 5.69 Å². The molecule has 0 radical (unpaired) electrons. The van der Waals surface area contributed by atoms with Gasteiger partial charge in [0, 0.05) is 18.3 Å². The summed E-state index contributed by atoms with van der Waals surface area (Å²) in [5.41, 5.74) is 0.985. The van der Waals surface area contributed by atoms with Crippen molar-refractivity contribution in [2.75, 3.05) is 6.61 Å². The van der Waals surface area contributed by atoms with E-state index in [2.05, 4.69) is 20.0 Å². The number of nitrogens with zero attached hydrogens (tertiary/aromatic N) is 2. The van der Waals surface area contributed by atoms with Crippen molar-refractivity contribution in [3.8, 4) is 5.88 Å². The molecule has 0 fully saturated rings. The van der Waals surface area contributed by atoms with E-state index in [0.29, 0.717) is 11.3 Å². The molecule has 0 atom stereocenters. The molecule has 0 aliphatic heterocycles. The number of carbonyl (C=O) groups excluding carboxylic acids is 2. The molecule has 1 amide bonds. The number of halogens is 2. The van der Waals surface area contributed by atoms with Crippen LogP contribution in [0, 0.1) is 6.92 Å². The Bertz CT molecular complexity index is 799. The van der Waals surface area contributed by atoms with Gasteiger partial charge in [0.25, 0.3) is 5.91 Å². The first-order chi connectivity index (χ1) is 12.4. The number of rotatable bonds is 7. The van der Waals surface area contributed by atoms with Gasteiger partial charge in [0.05, 0.1) is 17.9 Å². The summed E-state index contributed by atoms with van der Waals surface area (Å²) in [4.78, 5) is 31.7. The molecule has 7 nitrogen and oxygen atoms in total. The summed E-state index contributed by atoms with van der Waals surface area (Å²) in [5.74, 6) is -1.31. The third-order valence-electron chi connectivity index (χ3n) is 3.30. The van der Waals surface area contributed by atoms with Crippen LogP contribution in [0.5, 0.6) is 5.88 Å².